The SMILES string of the molecule is CCCCC(CC)CN(CC(CC)CCCC)C(=O)CCl. The summed E-state index contributed by atoms with van der Waals surface area (Å²) in [6.45, 7) is 10.7. The number of hydrogen-bond donors (Lipinski definition) is 0. The normalized spacial score (nSPS) is 14.0. The molecule has 1 amide bonds. The lowest BCUT2D eigenvalue weighted by Crippen LogP contribution is -2.39. The molecule has 0 aliphatic heterocycles. The molecule has 0 radical (unpaired) electrons. The second kappa shape index (κ2) is 13.4. The van der Waals surface area contributed by atoms with Gasteiger partial charge in [0.05, 0.1) is 0 Å². The number of hydrogen-bond acceptors (Lipinski definition) is 1. The summed E-state index contributed by atoms with van der Waals surface area (Å²) in [7, 11) is 0. The molecule has 2 atom stereocenters. The van der Waals surface area contributed by atoms with Crippen LogP contribution in [0, 0.1) is 11.8 Å². The van der Waals surface area contributed by atoms with E-state index in [0.29, 0.717) is 11.8 Å². The smallest absolute Gasteiger partial charge is 0.237 e. The van der Waals surface area contributed by atoms with Crippen LogP contribution >= 0.6 is 11.6 Å². The van der Waals surface area contributed by atoms with Crippen LogP contribution in [-0.4, -0.2) is 29.8 Å². The number of nitrogens with zero attached hydrogens (tertiary/aromatic N) is 1. The average molecular weight is 318 g/mol. The van der Waals surface area contributed by atoms with Crippen molar-refractivity contribution in [2.24, 2.45) is 11.8 Å². The molecule has 126 valence electrons. The quantitative estimate of drug-likeness (QED) is 0.411. The number of amides is 1. The zero-order chi connectivity index (χ0) is 16.1. The summed E-state index contributed by atoms with van der Waals surface area (Å²) in [5, 5.41) is 0. The monoisotopic (exact) mass is 317 g/mol. The van der Waals surface area contributed by atoms with Crippen molar-refractivity contribution in [1.29, 1.82) is 0 Å². The first-order valence-electron chi connectivity index (χ1n) is 8.96. The molecule has 0 aromatic carbocycles. The van der Waals surface area contributed by atoms with Crippen molar-refractivity contribution in [3.8, 4) is 0 Å². The van der Waals surface area contributed by atoms with Gasteiger partial charge < -0.3 is 4.90 Å². The first kappa shape index (κ1) is 20.8. The molecule has 0 aromatic heterocycles. The van der Waals surface area contributed by atoms with Crippen LogP contribution in [0.2, 0.25) is 0 Å². The zero-order valence-corrected chi connectivity index (χ0v) is 15.4. The topological polar surface area (TPSA) is 20.3 Å². The minimum Gasteiger partial charge on any atom is -0.341 e. The zero-order valence-electron chi connectivity index (χ0n) is 14.7. The summed E-state index contributed by atoms with van der Waals surface area (Å²) in [5.41, 5.74) is 0. The Labute approximate surface area is 137 Å². The van der Waals surface area contributed by atoms with E-state index in [1.807, 2.05) is 4.90 Å². The van der Waals surface area contributed by atoms with Gasteiger partial charge in [0.25, 0.3) is 0 Å². The van der Waals surface area contributed by atoms with E-state index in [9.17, 15) is 4.79 Å². The minimum absolute atomic E-state index is 0.113. The highest BCUT2D eigenvalue weighted by atomic mass is 35.5. The highest BCUT2D eigenvalue weighted by Crippen LogP contribution is 2.19. The van der Waals surface area contributed by atoms with Gasteiger partial charge in [-0.15, -0.1) is 11.6 Å². The Kier molecular flexibility index (Phi) is 13.3. The fraction of sp³-hybridized carbons (Fsp3) is 0.944. The largest absolute Gasteiger partial charge is 0.341 e. The molecule has 0 bridgehead atoms. The van der Waals surface area contributed by atoms with Crippen LogP contribution in [0.3, 0.4) is 0 Å². The van der Waals surface area contributed by atoms with Crippen LogP contribution in [0.15, 0.2) is 0 Å². The average Bonchev–Trinajstić information content (AvgIpc) is 2.52. The van der Waals surface area contributed by atoms with Gasteiger partial charge in [0.15, 0.2) is 0 Å². The highest BCUT2D eigenvalue weighted by molar-refractivity contribution is 6.27. The number of carbonyl (C=O) groups is 1. The molecule has 2 unspecified atom stereocenters. The highest BCUT2D eigenvalue weighted by Gasteiger charge is 2.20. The van der Waals surface area contributed by atoms with Crippen molar-refractivity contribution in [3.63, 3.8) is 0 Å². The van der Waals surface area contributed by atoms with Gasteiger partial charge in [0.1, 0.15) is 5.88 Å². The van der Waals surface area contributed by atoms with Gasteiger partial charge in [-0.25, -0.2) is 0 Å². The number of halogens is 1. The predicted molar refractivity (Wildman–Crippen MR) is 93.9 cm³/mol. The molecule has 0 saturated carbocycles. The Balaban J connectivity index is 4.57. The Morgan fingerprint density at radius 3 is 1.62 bits per heavy atom. The summed E-state index contributed by atoms with van der Waals surface area (Å²) in [4.78, 5) is 14.2. The number of alkyl halides is 1. The lowest BCUT2D eigenvalue weighted by Gasteiger charge is -2.30. The number of unbranched alkanes of at least 4 members (excludes halogenated alkanes) is 2. The van der Waals surface area contributed by atoms with Gasteiger partial charge >= 0.3 is 0 Å². The van der Waals surface area contributed by atoms with Gasteiger partial charge in [-0.2, -0.15) is 0 Å². The molecular weight excluding hydrogens is 282 g/mol. The minimum atomic E-state index is 0.113. The van der Waals surface area contributed by atoms with E-state index in [1.54, 1.807) is 0 Å². The molecule has 0 spiro atoms. The van der Waals surface area contributed by atoms with E-state index in [0.717, 1.165) is 25.9 Å². The summed E-state index contributed by atoms with van der Waals surface area (Å²) >= 11 is 5.82. The molecule has 2 nitrogen and oxygen atoms in total. The van der Waals surface area contributed by atoms with Crippen LogP contribution in [0.25, 0.3) is 0 Å². The van der Waals surface area contributed by atoms with E-state index in [4.69, 9.17) is 11.6 Å². The van der Waals surface area contributed by atoms with Crippen molar-refractivity contribution in [1.82, 2.24) is 4.90 Å². The van der Waals surface area contributed by atoms with Crippen molar-refractivity contribution in [3.05, 3.63) is 0 Å². The van der Waals surface area contributed by atoms with Crippen molar-refractivity contribution < 1.29 is 4.79 Å². The van der Waals surface area contributed by atoms with Gasteiger partial charge in [0, 0.05) is 13.1 Å². The molecule has 21 heavy (non-hydrogen) atoms. The number of rotatable bonds is 13. The predicted octanol–water partition coefficient (Wildman–Crippen LogP) is 5.49. The first-order chi connectivity index (χ1) is 10.1. The van der Waals surface area contributed by atoms with Crippen LogP contribution in [0.1, 0.15) is 79.1 Å². The van der Waals surface area contributed by atoms with Crippen LogP contribution in [-0.2, 0) is 4.79 Å². The van der Waals surface area contributed by atoms with Crippen molar-refractivity contribution in [2.45, 2.75) is 79.1 Å². The van der Waals surface area contributed by atoms with Crippen LogP contribution in [0.5, 0.6) is 0 Å². The lowest BCUT2D eigenvalue weighted by molar-refractivity contribution is -0.130. The standard InChI is InChI=1S/C18H36ClNO/c1-5-9-11-16(7-3)14-20(18(21)13-19)15-17(8-4)12-10-6-2/h16-17H,5-15H2,1-4H3. The van der Waals surface area contributed by atoms with Crippen molar-refractivity contribution in [2.75, 3.05) is 19.0 Å². The second-order valence-electron chi connectivity index (χ2n) is 6.27. The molecule has 0 N–H and O–H groups in total. The molecule has 0 heterocycles. The van der Waals surface area contributed by atoms with E-state index in [2.05, 4.69) is 27.7 Å². The summed E-state index contributed by atoms with van der Waals surface area (Å²) in [6, 6.07) is 0. The van der Waals surface area contributed by atoms with Gasteiger partial charge in [0.2, 0.25) is 5.91 Å². The first-order valence-corrected chi connectivity index (χ1v) is 9.49. The third kappa shape index (κ3) is 9.39. The number of carbonyl (C=O) groups excluding carboxylic acids is 1. The van der Waals surface area contributed by atoms with E-state index >= 15 is 0 Å². The summed E-state index contributed by atoms with van der Waals surface area (Å²) < 4.78 is 0. The Morgan fingerprint density at radius 2 is 1.33 bits per heavy atom. The van der Waals surface area contributed by atoms with Gasteiger partial charge in [-0.1, -0.05) is 66.2 Å². The summed E-state index contributed by atoms with van der Waals surface area (Å²) in [5.74, 6) is 1.48. The molecule has 0 saturated heterocycles. The maximum atomic E-state index is 12.2. The Hall–Kier alpha value is -0.240. The Morgan fingerprint density at radius 1 is 0.905 bits per heavy atom. The van der Waals surface area contributed by atoms with Crippen molar-refractivity contribution >= 4 is 17.5 Å². The molecule has 0 fully saturated rings. The summed E-state index contributed by atoms with van der Waals surface area (Å²) in [6.07, 6.45) is 9.73. The van der Waals surface area contributed by atoms with E-state index in [-0.39, 0.29) is 11.8 Å². The fourth-order valence-corrected chi connectivity index (χ4v) is 2.99. The fourth-order valence-electron chi connectivity index (χ4n) is 2.82. The van der Waals surface area contributed by atoms with Crippen LogP contribution < -0.4 is 0 Å². The third-order valence-corrected chi connectivity index (χ3v) is 4.74. The molecule has 0 aromatic rings. The van der Waals surface area contributed by atoms with E-state index in [1.165, 1.54) is 38.5 Å². The van der Waals surface area contributed by atoms with Gasteiger partial charge in [-0.3, -0.25) is 4.79 Å². The van der Waals surface area contributed by atoms with E-state index < -0.39 is 0 Å². The molecule has 0 aliphatic carbocycles. The van der Waals surface area contributed by atoms with Crippen LogP contribution in [0.4, 0.5) is 0 Å². The maximum absolute atomic E-state index is 12.2. The molecular formula is C18H36ClNO. The Bertz CT molecular complexity index is 240. The molecule has 3 heteroatoms. The molecule has 0 aliphatic rings. The maximum Gasteiger partial charge on any atom is 0.237 e. The van der Waals surface area contributed by atoms with Gasteiger partial charge in [-0.05, 0) is 24.7 Å². The lowest BCUT2D eigenvalue weighted by atomic mass is 9.95. The third-order valence-electron chi connectivity index (χ3n) is 4.51. The second-order valence-corrected chi connectivity index (χ2v) is 6.53. The molecule has 0 rings (SSSR count).